The molecular weight excluding hydrogens is 284 g/mol. The molecule has 0 aromatic carbocycles. The molecule has 2 rings (SSSR count). The van der Waals surface area contributed by atoms with Crippen molar-refractivity contribution in [2.75, 3.05) is 25.1 Å². The van der Waals surface area contributed by atoms with Crippen LogP contribution in [-0.4, -0.2) is 50.9 Å². The number of aryl methyl sites for hydroxylation is 1. The van der Waals surface area contributed by atoms with Gasteiger partial charge >= 0.3 is 0 Å². The van der Waals surface area contributed by atoms with Gasteiger partial charge in [0.1, 0.15) is 0 Å². The highest BCUT2D eigenvalue weighted by molar-refractivity contribution is 7.99. The van der Waals surface area contributed by atoms with Gasteiger partial charge in [0.15, 0.2) is 0 Å². The zero-order valence-electron chi connectivity index (χ0n) is 13.1. The largest absolute Gasteiger partial charge is 0.342 e. The number of hydrogen-bond acceptors (Lipinski definition) is 4. The molecule has 1 aliphatic rings. The molecule has 1 amide bonds. The Bertz CT molecular complexity index is 441. The molecule has 0 saturated carbocycles. The summed E-state index contributed by atoms with van der Waals surface area (Å²) >= 11 is 1.60. The number of amides is 1. The van der Waals surface area contributed by atoms with Crippen LogP contribution in [0.4, 0.5) is 0 Å². The molecule has 1 aliphatic heterocycles. The summed E-state index contributed by atoms with van der Waals surface area (Å²) in [5.74, 6) is 1.50. The molecule has 1 aromatic rings. The van der Waals surface area contributed by atoms with E-state index in [1.54, 1.807) is 11.8 Å². The second-order valence-electron chi connectivity index (χ2n) is 5.79. The summed E-state index contributed by atoms with van der Waals surface area (Å²) in [6.45, 7) is 4.91. The first-order valence-electron chi connectivity index (χ1n) is 7.88. The topological polar surface area (TPSA) is 51.0 Å². The van der Waals surface area contributed by atoms with Gasteiger partial charge in [0.25, 0.3) is 0 Å². The molecule has 2 heterocycles. The molecule has 1 aromatic heterocycles. The Morgan fingerprint density at radius 1 is 1.43 bits per heavy atom. The number of thioether (sulfide) groups is 1. The molecule has 0 aliphatic carbocycles. The first-order valence-corrected chi connectivity index (χ1v) is 9.28. The van der Waals surface area contributed by atoms with Crippen LogP contribution in [0.5, 0.6) is 0 Å². The Balaban J connectivity index is 1.75. The highest BCUT2D eigenvalue weighted by Gasteiger charge is 2.22. The summed E-state index contributed by atoms with van der Waals surface area (Å²) in [4.78, 5) is 13.8. The second-order valence-corrected chi connectivity index (χ2v) is 6.66. The SMILES string of the molecule is CCCCc1cn(CC2CCN(C(=O)CSC)CC2)nn1. The summed E-state index contributed by atoms with van der Waals surface area (Å²) in [7, 11) is 0. The number of unbranched alkanes of at least 4 members (excludes halogenated alkanes) is 1. The van der Waals surface area contributed by atoms with Gasteiger partial charge in [-0.05, 0) is 37.9 Å². The van der Waals surface area contributed by atoms with Gasteiger partial charge in [-0.2, -0.15) is 11.8 Å². The molecule has 0 spiro atoms. The Labute approximate surface area is 131 Å². The maximum absolute atomic E-state index is 11.8. The number of carbonyl (C=O) groups excluding carboxylic acids is 1. The lowest BCUT2D eigenvalue weighted by atomic mass is 9.97. The zero-order valence-corrected chi connectivity index (χ0v) is 13.9. The predicted molar refractivity (Wildman–Crippen MR) is 86.3 cm³/mol. The zero-order chi connectivity index (χ0) is 15.1. The van der Waals surface area contributed by atoms with E-state index in [1.165, 1.54) is 12.8 Å². The first-order chi connectivity index (χ1) is 10.2. The second kappa shape index (κ2) is 8.41. The van der Waals surface area contributed by atoms with Crippen LogP contribution in [0, 0.1) is 5.92 Å². The number of aromatic nitrogens is 3. The van der Waals surface area contributed by atoms with Gasteiger partial charge in [-0.1, -0.05) is 18.6 Å². The van der Waals surface area contributed by atoms with Crippen molar-refractivity contribution in [3.63, 3.8) is 0 Å². The van der Waals surface area contributed by atoms with Crippen molar-refractivity contribution >= 4 is 17.7 Å². The Kier molecular flexibility index (Phi) is 6.54. The van der Waals surface area contributed by atoms with Crippen molar-refractivity contribution < 1.29 is 4.79 Å². The Hall–Kier alpha value is -1.04. The lowest BCUT2D eigenvalue weighted by Crippen LogP contribution is -2.40. The van der Waals surface area contributed by atoms with Crippen LogP contribution < -0.4 is 0 Å². The fraction of sp³-hybridized carbons (Fsp3) is 0.800. The first kappa shape index (κ1) is 16.3. The van der Waals surface area contributed by atoms with Gasteiger partial charge in [0.2, 0.25) is 5.91 Å². The van der Waals surface area contributed by atoms with Crippen LogP contribution in [0.15, 0.2) is 6.20 Å². The fourth-order valence-corrected chi connectivity index (χ4v) is 3.17. The van der Waals surface area contributed by atoms with E-state index in [2.05, 4.69) is 23.4 Å². The predicted octanol–water partition coefficient (Wildman–Crippen LogP) is 2.22. The van der Waals surface area contributed by atoms with Crippen LogP contribution in [0.2, 0.25) is 0 Å². The minimum atomic E-state index is 0.281. The summed E-state index contributed by atoms with van der Waals surface area (Å²) in [6.07, 6.45) is 9.60. The maximum atomic E-state index is 11.8. The van der Waals surface area contributed by atoms with Gasteiger partial charge in [0, 0.05) is 25.8 Å². The average Bonchev–Trinajstić information content (AvgIpc) is 2.93. The molecule has 0 unspecified atom stereocenters. The molecular formula is C15H26N4OS. The molecule has 5 nitrogen and oxygen atoms in total. The molecule has 21 heavy (non-hydrogen) atoms. The van der Waals surface area contributed by atoms with Crippen molar-refractivity contribution in [2.45, 2.75) is 45.6 Å². The van der Waals surface area contributed by atoms with E-state index in [0.29, 0.717) is 11.7 Å². The lowest BCUT2D eigenvalue weighted by Gasteiger charge is -2.31. The van der Waals surface area contributed by atoms with E-state index in [1.807, 2.05) is 15.8 Å². The van der Waals surface area contributed by atoms with E-state index in [4.69, 9.17) is 0 Å². The fourth-order valence-electron chi connectivity index (χ4n) is 2.74. The van der Waals surface area contributed by atoms with Crippen molar-refractivity contribution in [3.8, 4) is 0 Å². The van der Waals surface area contributed by atoms with E-state index in [-0.39, 0.29) is 5.91 Å². The normalized spacial score (nSPS) is 16.4. The van der Waals surface area contributed by atoms with Crippen LogP contribution in [0.1, 0.15) is 38.3 Å². The summed E-state index contributed by atoms with van der Waals surface area (Å²) in [5, 5.41) is 8.46. The van der Waals surface area contributed by atoms with Crippen LogP contribution in [-0.2, 0) is 17.8 Å². The van der Waals surface area contributed by atoms with Gasteiger partial charge in [0.05, 0.1) is 11.4 Å². The van der Waals surface area contributed by atoms with Crippen LogP contribution in [0.3, 0.4) is 0 Å². The highest BCUT2D eigenvalue weighted by Crippen LogP contribution is 2.19. The van der Waals surface area contributed by atoms with Crippen LogP contribution in [0.25, 0.3) is 0 Å². The summed E-state index contributed by atoms with van der Waals surface area (Å²) in [6, 6.07) is 0. The van der Waals surface area contributed by atoms with E-state index >= 15 is 0 Å². The Morgan fingerprint density at radius 2 is 2.19 bits per heavy atom. The number of piperidine rings is 1. The van der Waals surface area contributed by atoms with Crippen molar-refractivity contribution in [1.82, 2.24) is 19.9 Å². The number of hydrogen-bond donors (Lipinski definition) is 0. The number of rotatable bonds is 7. The van der Waals surface area contributed by atoms with Crippen molar-refractivity contribution in [2.24, 2.45) is 5.92 Å². The van der Waals surface area contributed by atoms with Gasteiger partial charge in [-0.3, -0.25) is 9.48 Å². The van der Waals surface area contributed by atoms with Crippen molar-refractivity contribution in [3.05, 3.63) is 11.9 Å². The smallest absolute Gasteiger partial charge is 0.232 e. The molecule has 6 heteroatoms. The molecule has 0 bridgehead atoms. The number of nitrogens with zero attached hydrogens (tertiary/aromatic N) is 4. The van der Waals surface area contributed by atoms with Gasteiger partial charge in [-0.15, -0.1) is 5.10 Å². The van der Waals surface area contributed by atoms with E-state index in [9.17, 15) is 4.79 Å². The molecule has 0 radical (unpaired) electrons. The highest BCUT2D eigenvalue weighted by atomic mass is 32.2. The monoisotopic (exact) mass is 310 g/mol. The third kappa shape index (κ3) is 5.02. The maximum Gasteiger partial charge on any atom is 0.232 e. The van der Waals surface area contributed by atoms with Gasteiger partial charge in [-0.25, -0.2) is 0 Å². The average molecular weight is 310 g/mol. The summed E-state index contributed by atoms with van der Waals surface area (Å²) in [5.41, 5.74) is 1.10. The van der Waals surface area contributed by atoms with Gasteiger partial charge < -0.3 is 4.90 Å². The quantitative estimate of drug-likeness (QED) is 0.775. The minimum absolute atomic E-state index is 0.281. The molecule has 1 saturated heterocycles. The lowest BCUT2D eigenvalue weighted by molar-refractivity contribution is -0.129. The summed E-state index contributed by atoms with van der Waals surface area (Å²) < 4.78 is 1.98. The number of carbonyl (C=O) groups is 1. The molecule has 118 valence electrons. The Morgan fingerprint density at radius 3 is 2.86 bits per heavy atom. The molecule has 0 atom stereocenters. The molecule has 0 N–H and O–H groups in total. The van der Waals surface area contributed by atoms with Crippen molar-refractivity contribution in [1.29, 1.82) is 0 Å². The third-order valence-corrected chi connectivity index (χ3v) is 4.59. The minimum Gasteiger partial charge on any atom is -0.342 e. The van der Waals surface area contributed by atoms with Crippen LogP contribution >= 0.6 is 11.8 Å². The standard InChI is InChI=1S/C15H26N4OS/c1-3-4-5-14-11-19(17-16-14)10-13-6-8-18(9-7-13)15(20)12-21-2/h11,13H,3-10,12H2,1-2H3. The third-order valence-electron chi connectivity index (χ3n) is 4.05. The molecule has 1 fully saturated rings. The van der Waals surface area contributed by atoms with E-state index in [0.717, 1.165) is 44.6 Å². The van der Waals surface area contributed by atoms with E-state index < -0.39 is 0 Å². The number of likely N-dealkylation sites (tertiary alicyclic amines) is 1.